The number of carboxylic acid groups (broad SMARTS) is 1. The van der Waals surface area contributed by atoms with Gasteiger partial charge in [-0.2, -0.15) is 0 Å². The summed E-state index contributed by atoms with van der Waals surface area (Å²) in [5, 5.41) is 11.2. The summed E-state index contributed by atoms with van der Waals surface area (Å²) < 4.78 is 4.69. The molecule has 0 saturated carbocycles. The van der Waals surface area contributed by atoms with Crippen molar-refractivity contribution in [3.05, 3.63) is 11.8 Å². The van der Waals surface area contributed by atoms with Crippen LogP contribution in [0.3, 0.4) is 0 Å². The summed E-state index contributed by atoms with van der Waals surface area (Å²) in [5.74, 6) is -1.30. The second kappa shape index (κ2) is 6.94. The van der Waals surface area contributed by atoms with Gasteiger partial charge in [-0.15, -0.1) is 0 Å². The molecule has 80 valence electrons. The number of carbonyl (C=O) groups excluding carboxylic acids is 1. The molecule has 0 radical (unpaired) electrons. The highest BCUT2D eigenvalue weighted by Gasteiger charge is 2.00. The van der Waals surface area contributed by atoms with Gasteiger partial charge >= 0.3 is 11.9 Å². The highest BCUT2D eigenvalue weighted by atomic mass is 16.5. The third-order valence-electron chi connectivity index (χ3n) is 1.38. The molecule has 2 N–H and O–H groups in total. The number of hydrogen-bond donors (Lipinski definition) is 2. The quantitative estimate of drug-likeness (QED) is 0.484. The predicted octanol–water partition coefficient (Wildman–Crippen LogP) is 0.518. The zero-order valence-corrected chi connectivity index (χ0v) is 8.37. The first-order valence-corrected chi connectivity index (χ1v) is 4.37. The molecule has 5 heteroatoms. The summed E-state index contributed by atoms with van der Waals surface area (Å²) in [4.78, 5) is 21.0. The van der Waals surface area contributed by atoms with Crippen molar-refractivity contribution in [2.45, 2.75) is 20.3 Å². The van der Waals surface area contributed by atoms with Crippen LogP contribution >= 0.6 is 0 Å². The maximum atomic E-state index is 10.8. The van der Waals surface area contributed by atoms with E-state index >= 15 is 0 Å². The van der Waals surface area contributed by atoms with Crippen LogP contribution in [0.5, 0.6) is 0 Å². The van der Waals surface area contributed by atoms with Gasteiger partial charge in [-0.1, -0.05) is 0 Å². The summed E-state index contributed by atoms with van der Waals surface area (Å²) in [6.45, 7) is 4.11. The van der Waals surface area contributed by atoms with Crippen LogP contribution in [0.4, 0.5) is 0 Å². The Hall–Kier alpha value is -1.52. The van der Waals surface area contributed by atoms with Gasteiger partial charge in [0.25, 0.3) is 0 Å². The lowest BCUT2D eigenvalue weighted by atomic mass is 10.4. The maximum absolute atomic E-state index is 10.8. The molecule has 0 aromatic carbocycles. The predicted molar refractivity (Wildman–Crippen MR) is 50.6 cm³/mol. The molecule has 0 saturated heterocycles. The third kappa shape index (κ3) is 7.15. The van der Waals surface area contributed by atoms with Crippen molar-refractivity contribution in [3.8, 4) is 0 Å². The Morgan fingerprint density at radius 2 is 2.14 bits per heavy atom. The van der Waals surface area contributed by atoms with Crippen LogP contribution < -0.4 is 5.32 Å². The first-order valence-electron chi connectivity index (χ1n) is 4.37. The number of rotatable bonds is 6. The minimum atomic E-state index is -1.01. The standard InChI is InChI=1S/C9H15NO4/c1-3-14-9(13)4-5-10-7(2)6-8(11)12/h6,10H,3-5H2,1-2H3,(H,11,12)/b7-6+. The number of carbonyl (C=O) groups is 2. The first kappa shape index (κ1) is 12.5. The first-order chi connectivity index (χ1) is 6.56. The average Bonchev–Trinajstić information content (AvgIpc) is 2.02. The van der Waals surface area contributed by atoms with Crippen LogP contribution in [0.2, 0.25) is 0 Å². The zero-order valence-electron chi connectivity index (χ0n) is 8.37. The molecule has 0 spiro atoms. The molecule has 0 unspecified atom stereocenters. The smallest absolute Gasteiger partial charge is 0.330 e. The summed E-state index contributed by atoms with van der Waals surface area (Å²) in [6, 6.07) is 0. The molecule has 14 heavy (non-hydrogen) atoms. The Kier molecular flexibility index (Phi) is 6.19. The lowest BCUT2D eigenvalue weighted by molar-refractivity contribution is -0.142. The monoisotopic (exact) mass is 201 g/mol. The summed E-state index contributed by atoms with van der Waals surface area (Å²) in [7, 11) is 0. The average molecular weight is 201 g/mol. The zero-order chi connectivity index (χ0) is 11.0. The number of carboxylic acids is 1. The van der Waals surface area contributed by atoms with Gasteiger partial charge in [0, 0.05) is 18.3 Å². The van der Waals surface area contributed by atoms with Crippen molar-refractivity contribution in [2.24, 2.45) is 0 Å². The second-order valence-corrected chi connectivity index (χ2v) is 2.65. The summed E-state index contributed by atoms with van der Waals surface area (Å²) in [5.41, 5.74) is 0.516. The van der Waals surface area contributed by atoms with Crippen LogP contribution in [-0.4, -0.2) is 30.2 Å². The Labute approximate surface area is 82.7 Å². The Bertz CT molecular complexity index is 235. The van der Waals surface area contributed by atoms with Crippen LogP contribution in [0.25, 0.3) is 0 Å². The largest absolute Gasteiger partial charge is 0.478 e. The topological polar surface area (TPSA) is 75.6 Å². The molecule has 0 aliphatic heterocycles. The number of hydrogen-bond acceptors (Lipinski definition) is 4. The van der Waals surface area contributed by atoms with E-state index in [0.717, 1.165) is 6.08 Å². The normalized spacial score (nSPS) is 10.9. The molecule has 0 atom stereocenters. The molecule has 0 amide bonds. The van der Waals surface area contributed by atoms with Crippen LogP contribution in [0.15, 0.2) is 11.8 Å². The number of nitrogens with one attached hydrogen (secondary N) is 1. The summed E-state index contributed by atoms with van der Waals surface area (Å²) in [6.07, 6.45) is 1.28. The minimum absolute atomic E-state index is 0.235. The molecule has 0 fully saturated rings. The molecular formula is C9H15NO4. The SMILES string of the molecule is CCOC(=O)CCN/C(C)=C/C(=O)O. The van der Waals surface area contributed by atoms with Gasteiger partial charge in [0.05, 0.1) is 13.0 Å². The Morgan fingerprint density at radius 3 is 2.64 bits per heavy atom. The van der Waals surface area contributed by atoms with E-state index in [4.69, 9.17) is 9.84 Å². The second-order valence-electron chi connectivity index (χ2n) is 2.65. The van der Waals surface area contributed by atoms with Gasteiger partial charge in [0.1, 0.15) is 0 Å². The molecule has 0 aliphatic rings. The summed E-state index contributed by atoms with van der Waals surface area (Å²) >= 11 is 0. The van der Waals surface area contributed by atoms with Gasteiger partial charge in [-0.25, -0.2) is 4.79 Å². The van der Waals surface area contributed by atoms with E-state index in [1.807, 2.05) is 0 Å². The highest BCUT2D eigenvalue weighted by Crippen LogP contribution is 1.89. The van der Waals surface area contributed by atoms with Crippen molar-refractivity contribution in [3.63, 3.8) is 0 Å². The van der Waals surface area contributed by atoms with Gasteiger partial charge in [-0.3, -0.25) is 4.79 Å². The fourth-order valence-corrected chi connectivity index (χ4v) is 0.831. The van der Waals surface area contributed by atoms with Crippen molar-refractivity contribution >= 4 is 11.9 Å². The molecule has 0 aromatic heterocycles. The van der Waals surface area contributed by atoms with Crippen LogP contribution in [0, 0.1) is 0 Å². The number of aliphatic carboxylic acids is 1. The van der Waals surface area contributed by atoms with E-state index in [-0.39, 0.29) is 12.4 Å². The molecular weight excluding hydrogens is 186 g/mol. The van der Waals surface area contributed by atoms with E-state index < -0.39 is 5.97 Å². The van der Waals surface area contributed by atoms with Crippen LogP contribution in [-0.2, 0) is 14.3 Å². The molecule has 0 rings (SSSR count). The molecule has 0 heterocycles. The van der Waals surface area contributed by atoms with Gasteiger partial charge < -0.3 is 15.2 Å². The highest BCUT2D eigenvalue weighted by molar-refractivity contribution is 5.80. The van der Waals surface area contributed by atoms with Crippen molar-refractivity contribution in [1.82, 2.24) is 5.32 Å². The van der Waals surface area contributed by atoms with E-state index in [0.29, 0.717) is 18.8 Å². The third-order valence-corrected chi connectivity index (χ3v) is 1.38. The number of esters is 1. The van der Waals surface area contributed by atoms with Gasteiger partial charge in [-0.05, 0) is 13.8 Å². The number of ether oxygens (including phenoxy) is 1. The Morgan fingerprint density at radius 1 is 1.50 bits per heavy atom. The minimum Gasteiger partial charge on any atom is -0.478 e. The molecule has 5 nitrogen and oxygen atoms in total. The molecule has 0 bridgehead atoms. The lowest BCUT2D eigenvalue weighted by Gasteiger charge is -2.04. The fraction of sp³-hybridized carbons (Fsp3) is 0.556. The Balaban J connectivity index is 3.64. The molecule has 0 aromatic rings. The van der Waals surface area contributed by atoms with E-state index in [1.54, 1.807) is 13.8 Å². The van der Waals surface area contributed by atoms with Gasteiger partial charge in [0.2, 0.25) is 0 Å². The maximum Gasteiger partial charge on any atom is 0.330 e. The van der Waals surface area contributed by atoms with E-state index in [9.17, 15) is 9.59 Å². The fourth-order valence-electron chi connectivity index (χ4n) is 0.831. The van der Waals surface area contributed by atoms with Crippen molar-refractivity contribution < 1.29 is 19.4 Å². The van der Waals surface area contributed by atoms with Crippen LogP contribution in [0.1, 0.15) is 20.3 Å². The van der Waals surface area contributed by atoms with Crippen molar-refractivity contribution in [2.75, 3.05) is 13.2 Å². The van der Waals surface area contributed by atoms with Crippen molar-refractivity contribution in [1.29, 1.82) is 0 Å². The van der Waals surface area contributed by atoms with Gasteiger partial charge in [0.15, 0.2) is 0 Å². The lowest BCUT2D eigenvalue weighted by Crippen LogP contribution is -2.18. The van der Waals surface area contributed by atoms with E-state index in [1.165, 1.54) is 0 Å². The molecule has 0 aliphatic carbocycles. The number of allylic oxidation sites excluding steroid dienone is 1. The van der Waals surface area contributed by atoms with E-state index in [2.05, 4.69) is 5.32 Å².